The predicted molar refractivity (Wildman–Crippen MR) is 208 cm³/mol. The Morgan fingerprint density at radius 2 is 1.37 bits per heavy atom. The number of hydrogen-bond acceptors (Lipinski definition) is 10. The first-order chi connectivity index (χ1) is 24.7. The van der Waals surface area contributed by atoms with Gasteiger partial charge in [-0.25, -0.2) is 14.6 Å². The second kappa shape index (κ2) is 16.1. The molecule has 0 aliphatic rings. The SMILES string of the molecule is CC(C)(C)Oc1ccc(C(=O)OCCc2ccc(OC(=O)c3ccc(OC(C)(C)C)cc3)c(C=N)c2)cc1.Nc1nc2c(ccc3ccccc32)s1. The summed E-state index contributed by atoms with van der Waals surface area (Å²) in [5, 5.41) is 10.8. The van der Waals surface area contributed by atoms with Gasteiger partial charge in [-0.15, -0.1) is 0 Å². The van der Waals surface area contributed by atoms with Gasteiger partial charge in [-0.1, -0.05) is 47.7 Å². The smallest absolute Gasteiger partial charge is 0.343 e. The molecule has 0 spiro atoms. The summed E-state index contributed by atoms with van der Waals surface area (Å²) in [6.07, 6.45) is 1.57. The van der Waals surface area contributed by atoms with Crippen LogP contribution in [0.3, 0.4) is 0 Å². The van der Waals surface area contributed by atoms with E-state index in [9.17, 15) is 9.59 Å². The summed E-state index contributed by atoms with van der Waals surface area (Å²) in [6.45, 7) is 11.9. The van der Waals surface area contributed by atoms with Crippen LogP contribution in [0.25, 0.3) is 21.0 Å². The maximum Gasteiger partial charge on any atom is 0.343 e. The Bertz CT molecular complexity index is 2180. The van der Waals surface area contributed by atoms with Gasteiger partial charge in [0, 0.05) is 23.6 Å². The molecule has 0 aliphatic heterocycles. The summed E-state index contributed by atoms with van der Waals surface area (Å²) in [5.74, 6) is 0.657. The first kappa shape index (κ1) is 37.5. The van der Waals surface area contributed by atoms with Crippen molar-refractivity contribution in [3.05, 3.63) is 125 Å². The Labute approximate surface area is 307 Å². The number of nitrogens with two attached hydrogens (primary N) is 1. The van der Waals surface area contributed by atoms with Gasteiger partial charge in [0.1, 0.15) is 28.5 Å². The second-order valence-electron chi connectivity index (χ2n) is 14.0. The standard InChI is InChI=1S/C31H35NO6.C11H8N2S/c1-30(2,3)37-25-12-8-22(9-13-25)28(33)35-18-17-21-7-16-27(24(19-21)20-32)36-29(34)23-10-14-26(15-11-23)38-31(4,5)6;12-11-13-10-8-4-2-1-3-7(8)5-6-9(10)14-11/h7-16,19-20,32H,17-18H2,1-6H3;1-6H,(H2,12,13). The van der Waals surface area contributed by atoms with Gasteiger partial charge >= 0.3 is 11.9 Å². The van der Waals surface area contributed by atoms with Crippen LogP contribution in [0.1, 0.15) is 73.4 Å². The molecule has 6 aromatic rings. The molecule has 0 fully saturated rings. The summed E-state index contributed by atoms with van der Waals surface area (Å²) in [6, 6.07) is 31.1. The molecule has 52 heavy (non-hydrogen) atoms. The maximum absolute atomic E-state index is 12.6. The van der Waals surface area contributed by atoms with E-state index in [1.165, 1.54) is 22.1 Å². The number of ether oxygens (including phenoxy) is 4. The number of nitrogen functional groups attached to an aromatic ring is 1. The van der Waals surface area contributed by atoms with E-state index in [1.807, 2.05) is 53.7 Å². The van der Waals surface area contributed by atoms with E-state index in [-0.39, 0.29) is 23.6 Å². The molecule has 3 N–H and O–H groups in total. The fourth-order valence-corrected chi connectivity index (χ4v) is 5.92. The molecule has 9 nitrogen and oxygen atoms in total. The molecule has 0 amide bonds. The molecule has 0 atom stereocenters. The van der Waals surface area contributed by atoms with E-state index >= 15 is 0 Å². The number of hydrogen-bond donors (Lipinski definition) is 2. The number of nitrogens with one attached hydrogen (secondary N) is 1. The van der Waals surface area contributed by atoms with Gasteiger partial charge in [0.25, 0.3) is 0 Å². The van der Waals surface area contributed by atoms with Gasteiger partial charge in [-0.05, 0) is 119 Å². The molecule has 0 aliphatic carbocycles. The minimum atomic E-state index is -0.531. The summed E-state index contributed by atoms with van der Waals surface area (Å²) < 4.78 is 23.6. The van der Waals surface area contributed by atoms with Crippen LogP contribution >= 0.6 is 11.3 Å². The Balaban J connectivity index is 0.000000306. The Kier molecular flexibility index (Phi) is 11.6. The van der Waals surface area contributed by atoms with E-state index in [4.69, 9.17) is 30.1 Å². The van der Waals surface area contributed by atoms with Crippen LogP contribution in [0, 0.1) is 5.41 Å². The number of rotatable bonds is 9. The highest BCUT2D eigenvalue weighted by Gasteiger charge is 2.16. The van der Waals surface area contributed by atoms with E-state index in [0.717, 1.165) is 22.0 Å². The van der Waals surface area contributed by atoms with E-state index < -0.39 is 11.9 Å². The number of thiazole rings is 1. The van der Waals surface area contributed by atoms with Crippen LogP contribution in [0.15, 0.2) is 103 Å². The van der Waals surface area contributed by atoms with Crippen LogP contribution in [0.4, 0.5) is 5.13 Å². The molecule has 0 saturated heterocycles. The lowest BCUT2D eigenvalue weighted by Crippen LogP contribution is -2.23. The van der Waals surface area contributed by atoms with Crippen molar-refractivity contribution in [2.75, 3.05) is 12.3 Å². The number of anilines is 1. The first-order valence-corrected chi connectivity index (χ1v) is 17.6. The molecule has 0 bridgehead atoms. The Morgan fingerprint density at radius 1 is 0.769 bits per heavy atom. The molecule has 1 heterocycles. The van der Waals surface area contributed by atoms with Gasteiger partial charge in [-0.3, -0.25) is 0 Å². The van der Waals surface area contributed by atoms with Gasteiger partial charge in [-0.2, -0.15) is 0 Å². The highest BCUT2D eigenvalue weighted by molar-refractivity contribution is 7.22. The molecule has 6 rings (SSSR count). The first-order valence-electron chi connectivity index (χ1n) is 16.8. The zero-order valence-electron chi connectivity index (χ0n) is 30.2. The van der Waals surface area contributed by atoms with Crippen molar-refractivity contribution >= 4 is 55.6 Å². The topological polar surface area (TPSA) is 134 Å². The van der Waals surface area contributed by atoms with Gasteiger partial charge < -0.3 is 30.1 Å². The minimum Gasteiger partial charge on any atom is -0.488 e. The van der Waals surface area contributed by atoms with Gasteiger partial charge in [0.05, 0.1) is 28.0 Å². The van der Waals surface area contributed by atoms with Crippen molar-refractivity contribution in [2.24, 2.45) is 0 Å². The van der Waals surface area contributed by atoms with Crippen molar-refractivity contribution < 1.29 is 28.5 Å². The highest BCUT2D eigenvalue weighted by Crippen LogP contribution is 2.30. The largest absolute Gasteiger partial charge is 0.488 e. The number of carbonyl (C=O) groups excluding carboxylic acids is 2. The number of esters is 2. The van der Waals surface area contributed by atoms with Crippen LogP contribution < -0.4 is 19.9 Å². The van der Waals surface area contributed by atoms with Crippen molar-refractivity contribution in [3.63, 3.8) is 0 Å². The molecule has 268 valence electrons. The normalized spacial score (nSPS) is 11.3. The maximum atomic E-state index is 12.6. The zero-order valence-corrected chi connectivity index (χ0v) is 31.0. The van der Waals surface area contributed by atoms with Crippen LogP contribution in [-0.4, -0.2) is 40.9 Å². The van der Waals surface area contributed by atoms with E-state index in [0.29, 0.717) is 39.7 Å². The van der Waals surface area contributed by atoms with Crippen LogP contribution in [0.2, 0.25) is 0 Å². The van der Waals surface area contributed by atoms with Crippen LogP contribution in [-0.2, 0) is 11.2 Å². The number of fused-ring (bicyclic) bond motifs is 3. The van der Waals surface area contributed by atoms with Crippen molar-refractivity contribution in [2.45, 2.75) is 59.2 Å². The summed E-state index contributed by atoms with van der Waals surface area (Å²) in [5.41, 5.74) is 8.15. The third-order valence-corrected chi connectivity index (χ3v) is 8.23. The molecular formula is C42H43N3O6S. The lowest BCUT2D eigenvalue weighted by atomic mass is 10.1. The van der Waals surface area contributed by atoms with Crippen LogP contribution in [0.5, 0.6) is 17.2 Å². The number of benzene rings is 5. The molecule has 10 heteroatoms. The van der Waals surface area contributed by atoms with E-state index in [2.05, 4.69) is 29.2 Å². The minimum absolute atomic E-state index is 0.165. The molecule has 0 saturated carbocycles. The van der Waals surface area contributed by atoms with Crippen molar-refractivity contribution in [1.29, 1.82) is 5.41 Å². The zero-order chi connectivity index (χ0) is 37.5. The number of carbonyl (C=O) groups is 2. The molecule has 5 aromatic carbocycles. The fraction of sp³-hybridized carbons (Fsp3) is 0.238. The summed E-state index contributed by atoms with van der Waals surface area (Å²) >= 11 is 1.53. The quantitative estimate of drug-likeness (QED) is 0.0858. The molecular weight excluding hydrogens is 675 g/mol. The number of nitrogens with zero attached hydrogens (tertiary/aromatic N) is 1. The van der Waals surface area contributed by atoms with E-state index in [1.54, 1.807) is 66.7 Å². The third kappa shape index (κ3) is 10.4. The monoisotopic (exact) mass is 717 g/mol. The second-order valence-corrected chi connectivity index (χ2v) is 15.0. The summed E-state index contributed by atoms with van der Waals surface area (Å²) in [7, 11) is 0. The van der Waals surface area contributed by atoms with Crippen molar-refractivity contribution in [3.8, 4) is 17.2 Å². The highest BCUT2D eigenvalue weighted by atomic mass is 32.1. The number of aromatic nitrogens is 1. The fourth-order valence-electron chi connectivity index (χ4n) is 5.17. The lowest BCUT2D eigenvalue weighted by Gasteiger charge is -2.21. The molecule has 0 radical (unpaired) electrons. The average molecular weight is 718 g/mol. The lowest BCUT2D eigenvalue weighted by molar-refractivity contribution is 0.0508. The van der Waals surface area contributed by atoms with Gasteiger partial charge in [0.2, 0.25) is 0 Å². The predicted octanol–water partition coefficient (Wildman–Crippen LogP) is 9.69. The Hall–Kier alpha value is -5.74. The van der Waals surface area contributed by atoms with Gasteiger partial charge in [0.15, 0.2) is 5.13 Å². The molecule has 0 unspecified atom stereocenters. The third-order valence-electron chi connectivity index (χ3n) is 7.38. The van der Waals surface area contributed by atoms with Crippen molar-refractivity contribution in [1.82, 2.24) is 4.98 Å². The molecule has 1 aromatic heterocycles. The summed E-state index contributed by atoms with van der Waals surface area (Å²) in [4.78, 5) is 29.4. The Morgan fingerprint density at radius 3 is 1.96 bits per heavy atom. The average Bonchev–Trinajstić information content (AvgIpc) is 3.49.